The molecule has 3 aromatic rings. The molecular formula is C25H28ClF3N6O2. The number of fused-ring (bicyclic) bond motifs is 1. The highest BCUT2D eigenvalue weighted by Gasteiger charge is 2.38. The molecular weight excluding hydrogens is 509 g/mol. The number of aryl methyl sites for hydroxylation is 1. The summed E-state index contributed by atoms with van der Waals surface area (Å²) in [5.41, 5.74) is 4.60. The van der Waals surface area contributed by atoms with Crippen LogP contribution in [0, 0.1) is 0 Å². The van der Waals surface area contributed by atoms with E-state index >= 15 is 0 Å². The van der Waals surface area contributed by atoms with Gasteiger partial charge in [-0.25, -0.2) is 19.7 Å². The lowest BCUT2D eigenvalue weighted by Crippen LogP contribution is -2.50. The number of amides is 1. The third kappa shape index (κ3) is 5.66. The number of aromatic nitrogens is 3. The van der Waals surface area contributed by atoms with E-state index in [-0.39, 0.29) is 40.2 Å². The predicted molar refractivity (Wildman–Crippen MR) is 137 cm³/mol. The maximum Gasteiger partial charge on any atom is 0.418 e. The highest BCUT2D eigenvalue weighted by atomic mass is 35.5. The van der Waals surface area contributed by atoms with Crippen molar-refractivity contribution in [1.82, 2.24) is 19.9 Å². The fraction of sp³-hybridized carbons (Fsp3) is 0.440. The molecule has 0 atom stereocenters. The van der Waals surface area contributed by atoms with Crippen molar-refractivity contribution in [3.8, 4) is 11.3 Å². The highest BCUT2D eigenvalue weighted by molar-refractivity contribution is 6.34. The number of nitrogen functional groups attached to an aromatic ring is 1. The van der Waals surface area contributed by atoms with Crippen LogP contribution < -0.4 is 10.6 Å². The Hall–Kier alpha value is -3.34. The van der Waals surface area contributed by atoms with Crippen molar-refractivity contribution in [3.63, 3.8) is 0 Å². The Morgan fingerprint density at radius 2 is 1.78 bits per heavy atom. The molecule has 4 rings (SSSR count). The topological polar surface area (TPSA) is 97.5 Å². The van der Waals surface area contributed by atoms with Crippen molar-refractivity contribution in [1.29, 1.82) is 0 Å². The number of piperazine rings is 1. The number of alkyl halides is 3. The molecule has 1 aromatic carbocycles. The highest BCUT2D eigenvalue weighted by Crippen LogP contribution is 2.43. The molecule has 3 heterocycles. The lowest BCUT2D eigenvalue weighted by molar-refractivity contribution is -0.137. The maximum absolute atomic E-state index is 14.1. The van der Waals surface area contributed by atoms with Gasteiger partial charge in [-0.3, -0.25) is 0 Å². The Morgan fingerprint density at radius 3 is 2.38 bits per heavy atom. The van der Waals surface area contributed by atoms with Gasteiger partial charge in [0.15, 0.2) is 0 Å². The van der Waals surface area contributed by atoms with Gasteiger partial charge in [0.2, 0.25) is 0 Å². The van der Waals surface area contributed by atoms with E-state index in [2.05, 4.69) is 15.0 Å². The van der Waals surface area contributed by atoms with Crippen LogP contribution in [0.25, 0.3) is 22.2 Å². The zero-order valence-corrected chi connectivity index (χ0v) is 21.7. The van der Waals surface area contributed by atoms with Crippen LogP contribution in [0.3, 0.4) is 0 Å². The summed E-state index contributed by atoms with van der Waals surface area (Å²) in [6, 6.07) is 4.27. The SMILES string of the molecule is CCc1cc(N)nc(-c2cc3ncnc(N4CCN(C(=O)OC(C)(C)C)CC4)c3cc2Cl)c1C(F)(F)F. The summed E-state index contributed by atoms with van der Waals surface area (Å²) in [6.07, 6.45) is -3.55. The molecule has 0 radical (unpaired) electrons. The summed E-state index contributed by atoms with van der Waals surface area (Å²) < 4.78 is 47.6. The fourth-order valence-corrected chi connectivity index (χ4v) is 4.59. The van der Waals surface area contributed by atoms with Gasteiger partial charge in [0, 0.05) is 37.1 Å². The third-order valence-corrected chi connectivity index (χ3v) is 6.29. The molecule has 1 amide bonds. The summed E-state index contributed by atoms with van der Waals surface area (Å²) in [7, 11) is 0. The van der Waals surface area contributed by atoms with Gasteiger partial charge >= 0.3 is 12.3 Å². The van der Waals surface area contributed by atoms with Gasteiger partial charge in [0.1, 0.15) is 23.6 Å². The van der Waals surface area contributed by atoms with E-state index in [1.165, 1.54) is 18.5 Å². The molecule has 1 aliphatic rings. The van der Waals surface area contributed by atoms with Crippen LogP contribution >= 0.6 is 11.6 Å². The van der Waals surface area contributed by atoms with E-state index in [9.17, 15) is 18.0 Å². The number of ether oxygens (including phenoxy) is 1. The average Bonchev–Trinajstić information content (AvgIpc) is 2.81. The largest absolute Gasteiger partial charge is 0.444 e. The summed E-state index contributed by atoms with van der Waals surface area (Å²) in [4.78, 5) is 28.7. The first-order valence-corrected chi connectivity index (χ1v) is 12.2. The van der Waals surface area contributed by atoms with Gasteiger partial charge in [-0.1, -0.05) is 18.5 Å². The van der Waals surface area contributed by atoms with Crippen molar-refractivity contribution in [3.05, 3.63) is 40.7 Å². The molecule has 1 fully saturated rings. The number of rotatable bonds is 3. The van der Waals surface area contributed by atoms with Crippen LogP contribution in [0.1, 0.15) is 38.8 Å². The van der Waals surface area contributed by atoms with Crippen LogP contribution in [0.5, 0.6) is 0 Å². The Morgan fingerprint density at radius 1 is 1.11 bits per heavy atom. The van der Waals surface area contributed by atoms with Crippen LogP contribution in [0.4, 0.5) is 29.6 Å². The molecule has 2 aromatic heterocycles. The molecule has 2 N–H and O–H groups in total. The molecule has 37 heavy (non-hydrogen) atoms. The number of nitrogens with two attached hydrogens (primary N) is 1. The number of pyridine rings is 1. The first-order chi connectivity index (χ1) is 17.3. The fourth-order valence-electron chi connectivity index (χ4n) is 4.33. The number of hydrogen-bond acceptors (Lipinski definition) is 7. The number of carbonyl (C=O) groups is 1. The number of benzene rings is 1. The summed E-state index contributed by atoms with van der Waals surface area (Å²) in [5.74, 6) is 0.551. The number of halogens is 4. The second kappa shape index (κ2) is 9.85. The molecule has 0 unspecified atom stereocenters. The van der Waals surface area contributed by atoms with Crippen molar-refractivity contribution < 1.29 is 22.7 Å². The van der Waals surface area contributed by atoms with Crippen LogP contribution in [-0.4, -0.2) is 57.7 Å². The minimum absolute atomic E-state index is 0.0257. The number of hydrogen-bond donors (Lipinski definition) is 1. The van der Waals surface area contributed by atoms with E-state index < -0.39 is 17.3 Å². The standard InChI is InChI=1S/C25H28ClF3N6O2/c1-5-14-10-19(30)33-21(20(14)25(27,28)29)15-12-18-16(11-17(15)26)22(32-13-31-18)34-6-8-35(9-7-34)23(36)37-24(2,3)4/h10-13H,5-9H2,1-4H3,(H2,30,33). The Kier molecular flexibility index (Phi) is 7.11. The minimum Gasteiger partial charge on any atom is -0.444 e. The Labute approximate surface area is 217 Å². The van der Waals surface area contributed by atoms with E-state index in [0.29, 0.717) is 42.9 Å². The van der Waals surface area contributed by atoms with Crippen molar-refractivity contribution >= 4 is 40.2 Å². The monoisotopic (exact) mass is 536 g/mol. The third-order valence-electron chi connectivity index (χ3n) is 5.97. The van der Waals surface area contributed by atoms with Gasteiger partial charge in [0.05, 0.1) is 21.8 Å². The molecule has 0 bridgehead atoms. The predicted octanol–water partition coefficient (Wildman–Crippen LogP) is 5.57. The maximum atomic E-state index is 14.1. The number of anilines is 2. The summed E-state index contributed by atoms with van der Waals surface area (Å²) in [6.45, 7) is 8.88. The average molecular weight is 537 g/mol. The van der Waals surface area contributed by atoms with Gasteiger partial charge in [0.25, 0.3) is 0 Å². The lowest BCUT2D eigenvalue weighted by Gasteiger charge is -2.36. The summed E-state index contributed by atoms with van der Waals surface area (Å²) >= 11 is 6.55. The van der Waals surface area contributed by atoms with Gasteiger partial charge in [-0.05, 0) is 51.0 Å². The normalized spacial score (nSPS) is 14.8. The molecule has 198 valence electrons. The molecule has 12 heteroatoms. The first-order valence-electron chi connectivity index (χ1n) is 11.8. The second-order valence-corrected chi connectivity index (χ2v) is 10.2. The van der Waals surface area contributed by atoms with E-state index in [1.807, 2.05) is 25.7 Å². The zero-order valence-electron chi connectivity index (χ0n) is 21.0. The Bertz CT molecular complexity index is 1330. The quantitative estimate of drug-likeness (QED) is 0.467. The van der Waals surface area contributed by atoms with Crippen molar-refractivity contribution in [2.45, 2.75) is 45.9 Å². The van der Waals surface area contributed by atoms with Crippen molar-refractivity contribution in [2.75, 3.05) is 36.8 Å². The molecule has 0 aliphatic carbocycles. The lowest BCUT2D eigenvalue weighted by atomic mass is 9.97. The van der Waals surface area contributed by atoms with Crippen molar-refractivity contribution in [2.24, 2.45) is 0 Å². The number of carbonyl (C=O) groups excluding carboxylic acids is 1. The smallest absolute Gasteiger partial charge is 0.418 e. The van der Waals surface area contributed by atoms with Crippen LogP contribution in [-0.2, 0) is 17.3 Å². The van der Waals surface area contributed by atoms with Gasteiger partial charge in [-0.2, -0.15) is 13.2 Å². The molecule has 1 aliphatic heterocycles. The second-order valence-electron chi connectivity index (χ2n) is 9.78. The summed E-state index contributed by atoms with van der Waals surface area (Å²) in [5, 5.41) is 0.650. The molecule has 8 nitrogen and oxygen atoms in total. The van der Waals surface area contributed by atoms with E-state index in [0.717, 1.165) is 0 Å². The Balaban J connectivity index is 1.70. The minimum atomic E-state index is -4.65. The molecule has 0 saturated carbocycles. The van der Waals surface area contributed by atoms with E-state index in [4.69, 9.17) is 22.1 Å². The van der Waals surface area contributed by atoms with E-state index in [1.54, 1.807) is 17.9 Å². The van der Waals surface area contributed by atoms with Gasteiger partial charge in [-0.15, -0.1) is 0 Å². The first kappa shape index (κ1) is 26.7. The van der Waals surface area contributed by atoms with Crippen LogP contribution in [0.2, 0.25) is 5.02 Å². The molecule has 1 saturated heterocycles. The number of nitrogens with zero attached hydrogens (tertiary/aromatic N) is 5. The molecule has 0 spiro atoms. The zero-order chi connectivity index (χ0) is 27.1. The van der Waals surface area contributed by atoms with Gasteiger partial charge < -0.3 is 20.3 Å². The van der Waals surface area contributed by atoms with Crippen LogP contribution in [0.15, 0.2) is 24.5 Å².